The summed E-state index contributed by atoms with van der Waals surface area (Å²) in [6, 6.07) is 56.7. The Hall–Kier alpha value is -4.47. The van der Waals surface area contributed by atoms with E-state index in [1.54, 1.807) is 6.07 Å². The van der Waals surface area contributed by atoms with Crippen LogP contribution in [0.4, 0.5) is 0 Å². The number of rotatable bonds is 15. The molecule has 2 N–H and O–H groups in total. The predicted molar refractivity (Wildman–Crippen MR) is 237 cm³/mol. The van der Waals surface area contributed by atoms with Crippen LogP contribution in [0.5, 0.6) is 5.75 Å². The van der Waals surface area contributed by atoms with E-state index in [-0.39, 0.29) is 5.16 Å². The van der Waals surface area contributed by atoms with E-state index in [9.17, 15) is 0 Å². The molecule has 5 heteroatoms. The predicted octanol–water partition coefficient (Wildman–Crippen LogP) is 12.6. The Morgan fingerprint density at radius 1 is 0.481 bits per heavy atom. The Morgan fingerprint density at radius 2 is 0.907 bits per heavy atom. The molecule has 54 heavy (non-hydrogen) atoms. The van der Waals surface area contributed by atoms with Gasteiger partial charge >= 0.3 is 205 Å². The van der Waals surface area contributed by atoms with E-state index in [2.05, 4.69) is 142 Å². The van der Waals surface area contributed by atoms with Crippen molar-refractivity contribution in [2.24, 2.45) is 0 Å². The monoisotopic (exact) mass is 734 g/mol. The van der Waals surface area contributed by atoms with Gasteiger partial charge in [0.2, 0.25) is 0 Å². The van der Waals surface area contributed by atoms with Crippen molar-refractivity contribution in [2.45, 2.75) is 64.5 Å². The van der Waals surface area contributed by atoms with Gasteiger partial charge in [0.15, 0.2) is 0 Å². The van der Waals surface area contributed by atoms with Crippen LogP contribution in [0.2, 0.25) is 0 Å². The molecule has 7 rings (SSSR count). The molecule has 0 aromatic heterocycles. The SMILES string of the molecule is CCCC[PH](CCCC)(CCCC)C(c1ccccc1)(c1ccccc1)c1ccccc1.OB(O)Oc1cccc2ccc3cc4ccccc4cc3c12. The van der Waals surface area contributed by atoms with E-state index in [1.165, 1.54) is 79.1 Å². The zero-order valence-electron chi connectivity index (χ0n) is 32.3. The van der Waals surface area contributed by atoms with E-state index in [4.69, 9.17) is 14.7 Å². The summed E-state index contributed by atoms with van der Waals surface area (Å²) >= 11 is 0. The zero-order chi connectivity index (χ0) is 37.8. The Balaban J connectivity index is 0.000000196. The Bertz CT molecular complexity index is 2090. The molecule has 0 aliphatic heterocycles. The molecular weight excluding hydrogens is 678 g/mol. The summed E-state index contributed by atoms with van der Waals surface area (Å²) in [5.74, 6) is 0.466. The van der Waals surface area contributed by atoms with Crippen molar-refractivity contribution in [2.75, 3.05) is 18.5 Å². The molecule has 0 heterocycles. The third kappa shape index (κ3) is 8.27. The average molecular weight is 735 g/mol. The van der Waals surface area contributed by atoms with Gasteiger partial charge in [-0.05, 0) is 45.1 Å². The summed E-state index contributed by atoms with van der Waals surface area (Å²) in [7, 11) is -3.69. The van der Waals surface area contributed by atoms with Crippen LogP contribution in [0, 0.1) is 0 Å². The molecule has 0 saturated carbocycles. The number of benzene rings is 7. The molecule has 3 nitrogen and oxygen atoms in total. The first-order valence-corrected chi connectivity index (χ1v) is 22.6. The van der Waals surface area contributed by atoms with Crippen molar-refractivity contribution < 1.29 is 14.7 Å². The summed E-state index contributed by atoms with van der Waals surface area (Å²) in [4.78, 5) is 0. The van der Waals surface area contributed by atoms with Crippen molar-refractivity contribution in [3.05, 3.63) is 174 Å². The van der Waals surface area contributed by atoms with Crippen molar-refractivity contribution in [1.82, 2.24) is 0 Å². The van der Waals surface area contributed by atoms with Crippen LogP contribution in [0.25, 0.3) is 32.3 Å². The third-order valence-corrected chi connectivity index (χ3v) is 17.8. The smallest absolute Gasteiger partial charge is 0.511 e. The molecule has 0 aliphatic rings. The molecule has 0 atom stereocenters. The first-order valence-electron chi connectivity index (χ1n) is 20.0. The van der Waals surface area contributed by atoms with E-state index in [1.807, 2.05) is 30.3 Å². The van der Waals surface area contributed by atoms with Gasteiger partial charge in [-0.2, -0.15) is 0 Å². The van der Waals surface area contributed by atoms with Gasteiger partial charge in [0.25, 0.3) is 0 Å². The van der Waals surface area contributed by atoms with Crippen LogP contribution in [0.1, 0.15) is 76.0 Å². The normalized spacial score (nSPS) is 12.0. The van der Waals surface area contributed by atoms with Gasteiger partial charge in [0.1, 0.15) is 5.75 Å². The van der Waals surface area contributed by atoms with Gasteiger partial charge in [-0.1, -0.05) is 48.5 Å². The fourth-order valence-corrected chi connectivity index (χ4v) is 16.2. The fraction of sp³-hybridized carbons (Fsp3) is 0.265. The Labute approximate surface area is 323 Å². The number of hydrogen-bond donors (Lipinski definition) is 2. The van der Waals surface area contributed by atoms with Gasteiger partial charge in [0, 0.05) is 5.39 Å². The summed E-state index contributed by atoms with van der Waals surface area (Å²) < 4.78 is 5.16. The Morgan fingerprint density at radius 3 is 1.37 bits per heavy atom. The van der Waals surface area contributed by atoms with Gasteiger partial charge in [-0.25, -0.2) is 0 Å². The van der Waals surface area contributed by atoms with E-state index < -0.39 is 14.6 Å². The second-order valence-electron chi connectivity index (χ2n) is 14.7. The summed E-state index contributed by atoms with van der Waals surface area (Å²) in [5.41, 5.74) is 4.52. The summed E-state index contributed by atoms with van der Waals surface area (Å²) in [6.07, 6.45) is 12.1. The van der Waals surface area contributed by atoms with E-state index >= 15 is 0 Å². The second-order valence-corrected chi connectivity index (χ2v) is 19.5. The second kappa shape index (κ2) is 18.7. The summed E-state index contributed by atoms with van der Waals surface area (Å²) in [5, 5.41) is 24.6. The molecule has 0 bridgehead atoms. The quantitative estimate of drug-likeness (QED) is 0.0363. The van der Waals surface area contributed by atoms with Gasteiger partial charge < -0.3 is 14.7 Å². The van der Waals surface area contributed by atoms with Crippen LogP contribution in [0.3, 0.4) is 0 Å². The minimum atomic E-state index is -1.86. The fourth-order valence-electron chi connectivity index (χ4n) is 8.94. The van der Waals surface area contributed by atoms with Gasteiger partial charge in [-0.15, -0.1) is 0 Å². The maximum absolute atomic E-state index is 9.14. The molecule has 0 aliphatic carbocycles. The average Bonchev–Trinajstić information content (AvgIpc) is 3.22. The molecule has 0 spiro atoms. The summed E-state index contributed by atoms with van der Waals surface area (Å²) in [6.45, 7) is 7.11. The van der Waals surface area contributed by atoms with E-state index in [0.717, 1.165) is 26.9 Å². The molecule has 0 fully saturated rings. The van der Waals surface area contributed by atoms with Gasteiger partial charge in [-0.3, -0.25) is 0 Å². The molecule has 278 valence electrons. The minimum absolute atomic E-state index is 0.0176. The van der Waals surface area contributed by atoms with Crippen molar-refractivity contribution in [3.63, 3.8) is 0 Å². The van der Waals surface area contributed by atoms with Crippen LogP contribution in [-0.2, 0) is 5.16 Å². The topological polar surface area (TPSA) is 49.7 Å². The standard InChI is InChI=1S/C31H43P.C18H13BO3/c1-4-7-25-32(26-8-5-2,27-9-6-3)31(28-19-13-10-14-20-28,29-21-15-11-16-22-29)30-23-17-12-18-24-30;20-19(21)22-17-7-3-6-12-8-9-15-10-13-4-1-2-5-14(13)11-16(15)18(12)17/h10-24,32H,4-9,25-27H2,1-3H3;1-11,20-21H. The third-order valence-electron chi connectivity index (χ3n) is 11.4. The molecule has 7 aromatic carbocycles. The van der Waals surface area contributed by atoms with Crippen LogP contribution in [0.15, 0.2) is 158 Å². The van der Waals surface area contributed by atoms with Crippen LogP contribution in [-0.4, -0.2) is 35.9 Å². The molecule has 7 aromatic rings. The zero-order valence-corrected chi connectivity index (χ0v) is 33.3. The van der Waals surface area contributed by atoms with Gasteiger partial charge in [0.05, 0.1) is 0 Å². The van der Waals surface area contributed by atoms with Crippen molar-refractivity contribution in [1.29, 1.82) is 0 Å². The number of unbranched alkanes of at least 4 members (excludes halogenated alkanes) is 3. The number of hydrogen-bond acceptors (Lipinski definition) is 3. The van der Waals surface area contributed by atoms with Crippen LogP contribution >= 0.6 is 7.26 Å². The Kier molecular flexibility index (Phi) is 13.6. The van der Waals surface area contributed by atoms with Crippen molar-refractivity contribution >= 4 is 46.9 Å². The molecular formula is C49H56BO3P. The van der Waals surface area contributed by atoms with Crippen LogP contribution < -0.4 is 4.65 Å². The molecule has 0 saturated heterocycles. The molecule has 0 radical (unpaired) electrons. The molecule has 0 unspecified atom stereocenters. The minimum Gasteiger partial charge on any atom is -0.511 e. The maximum atomic E-state index is 9.14. The largest absolute Gasteiger partial charge is 0.707 e. The van der Waals surface area contributed by atoms with E-state index in [0.29, 0.717) is 5.75 Å². The first-order chi connectivity index (χ1) is 26.5. The number of fused-ring (bicyclic) bond motifs is 4. The maximum Gasteiger partial charge on any atom is 0.707 e. The molecule has 0 amide bonds. The van der Waals surface area contributed by atoms with Crippen molar-refractivity contribution in [3.8, 4) is 5.75 Å². The first kappa shape index (κ1) is 39.2.